The van der Waals surface area contributed by atoms with Crippen LogP contribution in [0.2, 0.25) is 0 Å². The monoisotopic (exact) mass is 250 g/mol. The molecule has 1 atom stereocenters. The van der Waals surface area contributed by atoms with Crippen molar-refractivity contribution in [1.29, 1.82) is 0 Å². The fourth-order valence-corrected chi connectivity index (χ4v) is 1.51. The Morgan fingerprint density at radius 1 is 1.39 bits per heavy atom. The maximum Gasteiger partial charge on any atom is 0.242 e. The summed E-state index contributed by atoms with van der Waals surface area (Å²) in [7, 11) is 1.75. The fraction of sp³-hybridized carbons (Fsp3) is 0.500. The Morgan fingerprint density at radius 2 is 2.00 bits per heavy atom. The molecule has 1 aromatic rings. The number of nitrogens with zero attached hydrogens (tertiary/aromatic N) is 1. The van der Waals surface area contributed by atoms with Crippen molar-refractivity contribution in [3.05, 3.63) is 30.3 Å². The molecule has 2 N–H and O–H groups in total. The average molecular weight is 250 g/mol. The third kappa shape index (κ3) is 4.04. The van der Waals surface area contributed by atoms with E-state index in [0.717, 1.165) is 5.75 Å². The van der Waals surface area contributed by atoms with Gasteiger partial charge in [0.25, 0.3) is 0 Å². The second-order valence-electron chi connectivity index (χ2n) is 4.66. The van der Waals surface area contributed by atoms with E-state index in [4.69, 9.17) is 10.5 Å². The van der Waals surface area contributed by atoms with Crippen LogP contribution in [0.5, 0.6) is 5.75 Å². The van der Waals surface area contributed by atoms with Crippen LogP contribution in [0.15, 0.2) is 30.3 Å². The van der Waals surface area contributed by atoms with Crippen molar-refractivity contribution in [3.8, 4) is 5.75 Å². The van der Waals surface area contributed by atoms with E-state index < -0.39 is 5.54 Å². The molecule has 100 valence electrons. The van der Waals surface area contributed by atoms with Crippen molar-refractivity contribution < 1.29 is 9.53 Å². The van der Waals surface area contributed by atoms with Crippen LogP contribution in [-0.2, 0) is 4.79 Å². The summed E-state index contributed by atoms with van der Waals surface area (Å²) in [5.74, 6) is 0.756. The van der Waals surface area contributed by atoms with E-state index in [0.29, 0.717) is 19.6 Å². The Kier molecular flexibility index (Phi) is 5.16. The zero-order chi connectivity index (χ0) is 13.6. The molecule has 1 aromatic carbocycles. The van der Waals surface area contributed by atoms with Gasteiger partial charge in [-0.25, -0.2) is 0 Å². The summed E-state index contributed by atoms with van der Waals surface area (Å²) in [4.78, 5) is 13.6. The number of carbonyl (C=O) groups is 1. The smallest absolute Gasteiger partial charge is 0.242 e. The molecule has 0 aliphatic rings. The Balaban J connectivity index is 2.38. The number of ether oxygens (including phenoxy) is 1. The first-order valence-corrected chi connectivity index (χ1v) is 6.19. The van der Waals surface area contributed by atoms with Crippen LogP contribution >= 0.6 is 0 Å². The molecule has 0 saturated carbocycles. The highest BCUT2D eigenvalue weighted by molar-refractivity contribution is 5.85. The molecule has 0 saturated heterocycles. The summed E-state index contributed by atoms with van der Waals surface area (Å²) < 4.78 is 5.54. The number of hydrogen-bond donors (Lipinski definition) is 1. The zero-order valence-corrected chi connectivity index (χ0v) is 11.3. The molecule has 4 nitrogen and oxygen atoms in total. The van der Waals surface area contributed by atoms with Crippen molar-refractivity contribution in [3.63, 3.8) is 0 Å². The van der Waals surface area contributed by atoms with Gasteiger partial charge in [0.1, 0.15) is 12.4 Å². The number of nitrogens with two attached hydrogens (primary N) is 1. The number of benzene rings is 1. The van der Waals surface area contributed by atoms with Crippen molar-refractivity contribution in [2.75, 3.05) is 20.2 Å². The molecular formula is C14H22N2O2. The molecule has 1 unspecified atom stereocenters. The molecule has 0 aliphatic carbocycles. The molecule has 18 heavy (non-hydrogen) atoms. The number of hydrogen-bond acceptors (Lipinski definition) is 3. The first-order chi connectivity index (χ1) is 8.47. The van der Waals surface area contributed by atoms with Crippen LogP contribution < -0.4 is 10.5 Å². The number of carbonyl (C=O) groups excluding carboxylic acids is 1. The SMILES string of the molecule is CCC(C)(N)C(=O)N(C)CCOc1ccccc1. The summed E-state index contributed by atoms with van der Waals surface area (Å²) >= 11 is 0. The first-order valence-electron chi connectivity index (χ1n) is 6.19. The summed E-state index contributed by atoms with van der Waals surface area (Å²) in [6.45, 7) is 4.66. The summed E-state index contributed by atoms with van der Waals surface area (Å²) in [6.07, 6.45) is 0.621. The fourth-order valence-electron chi connectivity index (χ4n) is 1.51. The molecule has 1 amide bonds. The molecule has 1 rings (SSSR count). The highest BCUT2D eigenvalue weighted by Gasteiger charge is 2.28. The minimum absolute atomic E-state index is 0.0540. The van der Waals surface area contributed by atoms with Crippen LogP contribution in [-0.4, -0.2) is 36.5 Å². The lowest BCUT2D eigenvalue weighted by molar-refractivity contribution is -0.135. The molecule has 0 bridgehead atoms. The van der Waals surface area contributed by atoms with E-state index in [1.807, 2.05) is 37.3 Å². The second-order valence-corrected chi connectivity index (χ2v) is 4.66. The van der Waals surface area contributed by atoms with Crippen molar-refractivity contribution in [2.45, 2.75) is 25.8 Å². The molecule has 0 radical (unpaired) electrons. The highest BCUT2D eigenvalue weighted by atomic mass is 16.5. The molecule has 0 spiro atoms. The van der Waals surface area contributed by atoms with Gasteiger partial charge in [-0.2, -0.15) is 0 Å². The van der Waals surface area contributed by atoms with Gasteiger partial charge < -0.3 is 15.4 Å². The summed E-state index contributed by atoms with van der Waals surface area (Å²) in [6, 6.07) is 9.54. The zero-order valence-electron chi connectivity index (χ0n) is 11.3. The number of para-hydroxylation sites is 1. The highest BCUT2D eigenvalue weighted by Crippen LogP contribution is 2.10. The molecular weight excluding hydrogens is 228 g/mol. The molecule has 0 heterocycles. The van der Waals surface area contributed by atoms with Gasteiger partial charge in [0, 0.05) is 7.05 Å². The summed E-state index contributed by atoms with van der Waals surface area (Å²) in [5.41, 5.74) is 5.12. The van der Waals surface area contributed by atoms with Gasteiger partial charge in [0.15, 0.2) is 0 Å². The normalized spacial score (nSPS) is 13.8. The Hall–Kier alpha value is -1.55. The standard InChI is InChI=1S/C14H22N2O2/c1-4-14(2,15)13(17)16(3)10-11-18-12-8-6-5-7-9-12/h5-9H,4,10-11,15H2,1-3H3. The van der Waals surface area contributed by atoms with Gasteiger partial charge in [0.2, 0.25) is 5.91 Å². The van der Waals surface area contributed by atoms with Crippen molar-refractivity contribution in [1.82, 2.24) is 4.90 Å². The third-order valence-electron chi connectivity index (χ3n) is 3.01. The van der Waals surface area contributed by atoms with E-state index in [1.165, 1.54) is 0 Å². The number of amides is 1. The van der Waals surface area contributed by atoms with E-state index >= 15 is 0 Å². The molecule has 4 heteroatoms. The van der Waals surface area contributed by atoms with E-state index in [2.05, 4.69) is 0 Å². The molecule has 0 aliphatic heterocycles. The predicted molar refractivity (Wildman–Crippen MR) is 72.5 cm³/mol. The van der Waals surface area contributed by atoms with Gasteiger partial charge in [0.05, 0.1) is 12.1 Å². The predicted octanol–water partition coefficient (Wildman–Crippen LogP) is 1.65. The van der Waals surface area contributed by atoms with Gasteiger partial charge in [-0.1, -0.05) is 25.1 Å². The largest absolute Gasteiger partial charge is 0.492 e. The maximum atomic E-state index is 12.0. The minimum Gasteiger partial charge on any atom is -0.492 e. The lowest BCUT2D eigenvalue weighted by Gasteiger charge is -2.28. The molecule has 0 aromatic heterocycles. The van der Waals surface area contributed by atoms with E-state index in [9.17, 15) is 4.79 Å². The minimum atomic E-state index is -0.790. The third-order valence-corrected chi connectivity index (χ3v) is 3.01. The lowest BCUT2D eigenvalue weighted by atomic mass is 9.99. The summed E-state index contributed by atoms with van der Waals surface area (Å²) in [5, 5.41) is 0. The van der Waals surface area contributed by atoms with Crippen LogP contribution in [0.4, 0.5) is 0 Å². The Labute approximate surface area is 109 Å². The van der Waals surface area contributed by atoms with Crippen molar-refractivity contribution in [2.24, 2.45) is 5.73 Å². The first kappa shape index (κ1) is 14.5. The van der Waals surface area contributed by atoms with Gasteiger partial charge in [-0.3, -0.25) is 4.79 Å². The van der Waals surface area contributed by atoms with Gasteiger partial charge in [-0.15, -0.1) is 0 Å². The van der Waals surface area contributed by atoms with Crippen LogP contribution in [0.25, 0.3) is 0 Å². The number of likely N-dealkylation sites (N-methyl/N-ethyl adjacent to an activating group) is 1. The van der Waals surface area contributed by atoms with Crippen LogP contribution in [0.3, 0.4) is 0 Å². The van der Waals surface area contributed by atoms with E-state index in [1.54, 1.807) is 18.9 Å². The van der Waals surface area contributed by atoms with E-state index in [-0.39, 0.29) is 5.91 Å². The van der Waals surface area contributed by atoms with Crippen molar-refractivity contribution >= 4 is 5.91 Å². The van der Waals surface area contributed by atoms with Gasteiger partial charge >= 0.3 is 0 Å². The van der Waals surface area contributed by atoms with Crippen LogP contribution in [0.1, 0.15) is 20.3 Å². The Bertz CT molecular complexity index is 377. The van der Waals surface area contributed by atoms with Gasteiger partial charge in [-0.05, 0) is 25.5 Å². The topological polar surface area (TPSA) is 55.6 Å². The maximum absolute atomic E-state index is 12.0. The average Bonchev–Trinajstić information content (AvgIpc) is 2.39. The molecule has 0 fully saturated rings. The Morgan fingerprint density at radius 3 is 2.56 bits per heavy atom. The van der Waals surface area contributed by atoms with Crippen LogP contribution in [0, 0.1) is 0 Å². The lowest BCUT2D eigenvalue weighted by Crippen LogP contribution is -2.52. The number of rotatable bonds is 6. The second kappa shape index (κ2) is 6.40. The quantitative estimate of drug-likeness (QED) is 0.835.